The standard InChI is InChI=1S/C19H16Cl2N4O2S2/c20-14-8-7-13(10-15(14)21)22-17(27)11-28-19-25-24-18(29-19)23-16(26)9-6-12-4-2-1-3-5-12/h1-5,7-8,10H,6,9,11H2,(H,22,27)(H,23,24,26). The summed E-state index contributed by atoms with van der Waals surface area (Å²) in [6, 6.07) is 14.7. The zero-order valence-electron chi connectivity index (χ0n) is 15.0. The van der Waals surface area contributed by atoms with Crippen LogP contribution in [-0.4, -0.2) is 27.8 Å². The van der Waals surface area contributed by atoms with E-state index in [4.69, 9.17) is 23.2 Å². The SMILES string of the molecule is O=C(CSc1nnc(NC(=O)CCc2ccccc2)s1)Nc1ccc(Cl)c(Cl)c1. The zero-order chi connectivity index (χ0) is 20.6. The number of carbonyl (C=O) groups is 2. The lowest BCUT2D eigenvalue weighted by atomic mass is 10.1. The van der Waals surface area contributed by atoms with Crippen molar-refractivity contribution in [2.45, 2.75) is 17.2 Å². The number of amides is 2. The molecule has 0 aliphatic carbocycles. The van der Waals surface area contributed by atoms with E-state index in [2.05, 4.69) is 20.8 Å². The molecule has 0 aliphatic heterocycles. The highest BCUT2D eigenvalue weighted by Gasteiger charge is 2.11. The average Bonchev–Trinajstić information content (AvgIpc) is 3.16. The summed E-state index contributed by atoms with van der Waals surface area (Å²) < 4.78 is 0.590. The molecule has 2 N–H and O–H groups in total. The van der Waals surface area contributed by atoms with Gasteiger partial charge in [-0.15, -0.1) is 10.2 Å². The van der Waals surface area contributed by atoms with E-state index in [9.17, 15) is 9.59 Å². The summed E-state index contributed by atoms with van der Waals surface area (Å²) in [6.07, 6.45) is 1.01. The number of nitrogens with zero attached hydrogens (tertiary/aromatic N) is 2. The molecule has 3 rings (SSSR count). The number of halogens is 2. The van der Waals surface area contributed by atoms with Crippen LogP contribution < -0.4 is 10.6 Å². The lowest BCUT2D eigenvalue weighted by Crippen LogP contribution is -2.13. The highest BCUT2D eigenvalue weighted by atomic mass is 35.5. The van der Waals surface area contributed by atoms with Gasteiger partial charge in [-0.3, -0.25) is 9.59 Å². The molecule has 0 fully saturated rings. The van der Waals surface area contributed by atoms with Crippen LogP contribution >= 0.6 is 46.3 Å². The molecule has 0 atom stereocenters. The molecule has 2 amide bonds. The number of aromatic nitrogens is 2. The van der Waals surface area contributed by atoms with Gasteiger partial charge >= 0.3 is 0 Å². The molecule has 0 bridgehead atoms. The van der Waals surface area contributed by atoms with Gasteiger partial charge in [0.1, 0.15) is 0 Å². The first-order valence-corrected chi connectivity index (χ1v) is 11.1. The van der Waals surface area contributed by atoms with Crippen molar-refractivity contribution in [1.29, 1.82) is 0 Å². The second kappa shape index (κ2) is 10.6. The van der Waals surface area contributed by atoms with Gasteiger partial charge in [0.15, 0.2) is 4.34 Å². The molecule has 2 aromatic carbocycles. The third-order valence-electron chi connectivity index (χ3n) is 3.67. The maximum Gasteiger partial charge on any atom is 0.234 e. The normalized spacial score (nSPS) is 10.6. The van der Waals surface area contributed by atoms with Gasteiger partial charge in [0.05, 0.1) is 15.8 Å². The topological polar surface area (TPSA) is 84.0 Å². The number of thioether (sulfide) groups is 1. The predicted molar refractivity (Wildman–Crippen MR) is 119 cm³/mol. The molecular formula is C19H16Cl2N4O2S2. The van der Waals surface area contributed by atoms with Crippen LogP contribution in [-0.2, 0) is 16.0 Å². The van der Waals surface area contributed by atoms with Gasteiger partial charge in [-0.2, -0.15) is 0 Å². The van der Waals surface area contributed by atoms with Crippen LogP contribution in [0.3, 0.4) is 0 Å². The van der Waals surface area contributed by atoms with Gasteiger partial charge in [0, 0.05) is 12.1 Å². The van der Waals surface area contributed by atoms with Crippen LogP contribution in [0.25, 0.3) is 0 Å². The van der Waals surface area contributed by atoms with Crippen molar-refractivity contribution in [1.82, 2.24) is 10.2 Å². The van der Waals surface area contributed by atoms with Crippen molar-refractivity contribution in [3.05, 3.63) is 64.1 Å². The van der Waals surface area contributed by atoms with Gasteiger partial charge in [-0.1, -0.05) is 76.6 Å². The number of hydrogen-bond acceptors (Lipinski definition) is 6. The maximum absolute atomic E-state index is 12.1. The van der Waals surface area contributed by atoms with Crippen molar-refractivity contribution in [3.8, 4) is 0 Å². The van der Waals surface area contributed by atoms with E-state index < -0.39 is 0 Å². The Morgan fingerprint density at radius 1 is 0.966 bits per heavy atom. The summed E-state index contributed by atoms with van der Waals surface area (Å²) in [7, 11) is 0. The number of rotatable bonds is 8. The summed E-state index contributed by atoms with van der Waals surface area (Å²) in [5.41, 5.74) is 1.66. The van der Waals surface area contributed by atoms with E-state index in [1.165, 1.54) is 23.1 Å². The van der Waals surface area contributed by atoms with Gasteiger partial charge in [-0.05, 0) is 30.2 Å². The van der Waals surface area contributed by atoms with Gasteiger partial charge < -0.3 is 10.6 Å². The molecule has 10 heteroatoms. The Bertz CT molecular complexity index is 999. The summed E-state index contributed by atoms with van der Waals surface area (Å²) >= 11 is 14.2. The van der Waals surface area contributed by atoms with Crippen molar-refractivity contribution in [2.24, 2.45) is 0 Å². The molecule has 0 aliphatic rings. The van der Waals surface area contributed by atoms with E-state index in [0.29, 0.717) is 38.0 Å². The van der Waals surface area contributed by atoms with Crippen LogP contribution in [0.2, 0.25) is 10.0 Å². The number of nitrogens with one attached hydrogen (secondary N) is 2. The van der Waals surface area contributed by atoms with E-state index in [-0.39, 0.29) is 17.6 Å². The number of hydrogen-bond donors (Lipinski definition) is 2. The lowest BCUT2D eigenvalue weighted by molar-refractivity contribution is -0.116. The molecule has 3 aromatic rings. The monoisotopic (exact) mass is 466 g/mol. The number of carbonyl (C=O) groups excluding carboxylic acids is 2. The number of anilines is 2. The molecule has 0 spiro atoms. The largest absolute Gasteiger partial charge is 0.325 e. The summed E-state index contributed by atoms with van der Waals surface area (Å²) in [6.45, 7) is 0. The molecule has 1 heterocycles. The molecule has 150 valence electrons. The third kappa shape index (κ3) is 7.01. The second-order valence-corrected chi connectivity index (χ2v) is 8.89. The van der Waals surface area contributed by atoms with Crippen LogP contribution in [0.15, 0.2) is 52.9 Å². The summed E-state index contributed by atoms with van der Waals surface area (Å²) in [5.74, 6) is -0.187. The first-order chi connectivity index (χ1) is 14.0. The summed E-state index contributed by atoms with van der Waals surface area (Å²) in [4.78, 5) is 24.1. The maximum atomic E-state index is 12.1. The fourth-order valence-corrected chi connectivity index (χ4v) is 4.17. The van der Waals surface area contributed by atoms with Crippen LogP contribution in [0, 0.1) is 0 Å². The lowest BCUT2D eigenvalue weighted by Gasteiger charge is -2.05. The van der Waals surface area contributed by atoms with Crippen LogP contribution in [0.4, 0.5) is 10.8 Å². The molecule has 0 saturated heterocycles. The fraction of sp³-hybridized carbons (Fsp3) is 0.158. The first-order valence-electron chi connectivity index (χ1n) is 8.54. The summed E-state index contributed by atoms with van der Waals surface area (Å²) in [5, 5.41) is 14.6. The van der Waals surface area contributed by atoms with Gasteiger partial charge in [-0.25, -0.2) is 0 Å². The minimum atomic E-state index is -0.211. The molecule has 29 heavy (non-hydrogen) atoms. The van der Waals surface area contributed by atoms with Gasteiger partial charge in [0.25, 0.3) is 0 Å². The van der Waals surface area contributed by atoms with Crippen molar-refractivity contribution >= 4 is 68.9 Å². The zero-order valence-corrected chi connectivity index (χ0v) is 18.2. The molecule has 0 unspecified atom stereocenters. The number of benzene rings is 2. The molecule has 0 saturated carbocycles. The van der Waals surface area contributed by atoms with Crippen molar-refractivity contribution in [2.75, 3.05) is 16.4 Å². The van der Waals surface area contributed by atoms with E-state index in [0.717, 1.165) is 5.56 Å². The second-order valence-electron chi connectivity index (χ2n) is 5.87. The van der Waals surface area contributed by atoms with Crippen molar-refractivity contribution in [3.63, 3.8) is 0 Å². The molecule has 0 radical (unpaired) electrons. The Balaban J connectivity index is 1.43. The Morgan fingerprint density at radius 2 is 1.76 bits per heavy atom. The minimum absolute atomic E-state index is 0.126. The Kier molecular flexibility index (Phi) is 7.88. The van der Waals surface area contributed by atoms with E-state index in [1.807, 2.05) is 30.3 Å². The minimum Gasteiger partial charge on any atom is -0.325 e. The number of aryl methyl sites for hydroxylation is 1. The molecular weight excluding hydrogens is 451 g/mol. The van der Waals surface area contributed by atoms with Crippen molar-refractivity contribution < 1.29 is 9.59 Å². The Hall–Kier alpha value is -2.13. The fourth-order valence-electron chi connectivity index (χ4n) is 2.30. The third-order valence-corrected chi connectivity index (χ3v) is 6.38. The van der Waals surface area contributed by atoms with Gasteiger partial charge in [0.2, 0.25) is 16.9 Å². The van der Waals surface area contributed by atoms with E-state index >= 15 is 0 Å². The van der Waals surface area contributed by atoms with Crippen LogP contribution in [0.5, 0.6) is 0 Å². The average molecular weight is 467 g/mol. The van der Waals surface area contributed by atoms with E-state index in [1.54, 1.807) is 18.2 Å². The predicted octanol–water partition coefficient (Wildman–Crippen LogP) is 5.15. The molecule has 1 aromatic heterocycles. The Labute approximate surface area is 186 Å². The molecule has 6 nitrogen and oxygen atoms in total. The highest BCUT2D eigenvalue weighted by Crippen LogP contribution is 2.27. The first kappa shape index (κ1) is 21.6. The Morgan fingerprint density at radius 3 is 2.52 bits per heavy atom. The highest BCUT2D eigenvalue weighted by molar-refractivity contribution is 8.01. The van der Waals surface area contributed by atoms with Crippen LogP contribution in [0.1, 0.15) is 12.0 Å². The quantitative estimate of drug-likeness (QED) is 0.354. The smallest absolute Gasteiger partial charge is 0.234 e.